The van der Waals surface area contributed by atoms with Crippen LogP contribution in [-0.4, -0.2) is 23.5 Å². The van der Waals surface area contributed by atoms with E-state index >= 15 is 0 Å². The number of halogens is 1. The third-order valence-electron chi connectivity index (χ3n) is 2.68. The lowest BCUT2D eigenvalue weighted by Gasteiger charge is -2.25. The number of carbonyl (C=O) groups is 1. The van der Waals surface area contributed by atoms with Crippen molar-refractivity contribution in [2.24, 2.45) is 11.1 Å². The fourth-order valence-corrected chi connectivity index (χ4v) is 1.38. The summed E-state index contributed by atoms with van der Waals surface area (Å²) in [4.78, 5) is 15.7. The summed E-state index contributed by atoms with van der Waals surface area (Å²) in [5.41, 5.74) is 6.80. The fourth-order valence-electron chi connectivity index (χ4n) is 1.38. The number of nitrogens with zero attached hydrogens (tertiary/aromatic N) is 1. The molecule has 0 unspecified atom stereocenters. The Bertz CT molecular complexity index is 362. The van der Waals surface area contributed by atoms with Crippen LogP contribution in [0.5, 0.6) is 0 Å². The van der Waals surface area contributed by atoms with Crippen molar-refractivity contribution in [3.05, 3.63) is 30.1 Å². The highest BCUT2D eigenvalue weighted by atomic mass is 35.5. The van der Waals surface area contributed by atoms with Gasteiger partial charge in [-0.1, -0.05) is 20.8 Å². The lowest BCUT2D eigenvalue weighted by Crippen LogP contribution is -2.48. The van der Waals surface area contributed by atoms with Gasteiger partial charge in [-0.25, -0.2) is 0 Å². The molecule has 18 heavy (non-hydrogen) atoms. The molecule has 0 aliphatic carbocycles. The van der Waals surface area contributed by atoms with E-state index in [-0.39, 0.29) is 23.7 Å². The fraction of sp³-hybridized carbons (Fsp3) is 0.538. The number of amides is 1. The molecule has 0 bridgehead atoms. The number of pyridine rings is 1. The topological polar surface area (TPSA) is 68.0 Å². The van der Waals surface area contributed by atoms with Crippen LogP contribution in [0.3, 0.4) is 0 Å². The summed E-state index contributed by atoms with van der Waals surface area (Å²) in [6.45, 7) is 6.48. The Morgan fingerprint density at radius 1 is 1.39 bits per heavy atom. The Labute approximate surface area is 115 Å². The van der Waals surface area contributed by atoms with Gasteiger partial charge in [-0.2, -0.15) is 0 Å². The van der Waals surface area contributed by atoms with Gasteiger partial charge in [0.15, 0.2) is 0 Å². The Hall–Kier alpha value is -1.13. The van der Waals surface area contributed by atoms with Crippen molar-refractivity contribution in [2.75, 3.05) is 6.54 Å². The Balaban J connectivity index is 0.00000289. The van der Waals surface area contributed by atoms with E-state index in [0.29, 0.717) is 6.54 Å². The number of rotatable bonds is 4. The minimum Gasteiger partial charge on any atom is -0.354 e. The highest BCUT2D eigenvalue weighted by Crippen LogP contribution is 2.17. The first kappa shape index (κ1) is 16.9. The zero-order chi connectivity index (χ0) is 12.9. The number of hydrogen-bond donors (Lipinski definition) is 2. The predicted octanol–water partition coefficient (Wildman–Crippen LogP) is 1.54. The molecule has 3 N–H and O–H groups in total. The monoisotopic (exact) mass is 271 g/mol. The van der Waals surface area contributed by atoms with E-state index in [2.05, 4.69) is 10.3 Å². The number of nitrogens with one attached hydrogen (secondary N) is 1. The average molecular weight is 272 g/mol. The van der Waals surface area contributed by atoms with E-state index in [0.717, 1.165) is 12.0 Å². The van der Waals surface area contributed by atoms with E-state index in [4.69, 9.17) is 5.73 Å². The van der Waals surface area contributed by atoms with Crippen molar-refractivity contribution >= 4 is 18.3 Å². The van der Waals surface area contributed by atoms with Crippen LogP contribution in [0.25, 0.3) is 0 Å². The largest absolute Gasteiger partial charge is 0.354 e. The van der Waals surface area contributed by atoms with E-state index in [1.165, 1.54) is 0 Å². The first-order valence-corrected chi connectivity index (χ1v) is 5.83. The average Bonchev–Trinajstić information content (AvgIpc) is 2.28. The third-order valence-corrected chi connectivity index (χ3v) is 2.68. The highest BCUT2D eigenvalue weighted by molar-refractivity contribution is 5.85. The molecule has 1 aromatic rings. The second kappa shape index (κ2) is 7.34. The molecule has 0 saturated heterocycles. The van der Waals surface area contributed by atoms with Gasteiger partial charge < -0.3 is 11.1 Å². The number of nitrogens with two attached hydrogens (primary N) is 1. The van der Waals surface area contributed by atoms with Gasteiger partial charge in [-0.05, 0) is 29.5 Å². The van der Waals surface area contributed by atoms with Gasteiger partial charge in [0.05, 0.1) is 6.04 Å². The molecule has 0 spiro atoms. The lowest BCUT2D eigenvalue weighted by atomic mass is 9.87. The molecular weight excluding hydrogens is 250 g/mol. The maximum absolute atomic E-state index is 11.7. The molecule has 5 heteroatoms. The van der Waals surface area contributed by atoms with Crippen molar-refractivity contribution in [2.45, 2.75) is 33.2 Å². The van der Waals surface area contributed by atoms with Crippen molar-refractivity contribution in [3.63, 3.8) is 0 Å². The molecule has 102 valence electrons. The Morgan fingerprint density at radius 2 is 1.94 bits per heavy atom. The van der Waals surface area contributed by atoms with Crippen molar-refractivity contribution < 1.29 is 4.79 Å². The molecule has 0 aliphatic rings. The smallest absolute Gasteiger partial charge is 0.237 e. The van der Waals surface area contributed by atoms with Crippen LogP contribution in [0.2, 0.25) is 0 Å². The second-order valence-corrected chi connectivity index (χ2v) is 5.24. The zero-order valence-corrected chi connectivity index (χ0v) is 12.0. The van der Waals surface area contributed by atoms with E-state index in [1.807, 2.05) is 32.9 Å². The normalized spacial score (nSPS) is 12.4. The van der Waals surface area contributed by atoms with Crippen molar-refractivity contribution in [1.82, 2.24) is 10.3 Å². The lowest BCUT2D eigenvalue weighted by molar-refractivity contribution is -0.124. The molecule has 1 amide bonds. The Kier molecular flexibility index (Phi) is 6.88. The summed E-state index contributed by atoms with van der Waals surface area (Å²) in [6.07, 6.45) is 4.29. The van der Waals surface area contributed by atoms with E-state index in [9.17, 15) is 4.79 Å². The van der Waals surface area contributed by atoms with Gasteiger partial charge in [0, 0.05) is 18.9 Å². The standard InChI is InChI=1S/C13H21N3O.ClH/c1-13(2,3)11(14)12(17)16-9-6-10-4-7-15-8-5-10;/h4-5,7-8,11H,6,9,14H2,1-3H3,(H,16,17);1H/t11-;/m1./s1. The minimum atomic E-state index is -0.472. The van der Waals surface area contributed by atoms with Crippen LogP contribution in [0.15, 0.2) is 24.5 Å². The number of hydrogen-bond acceptors (Lipinski definition) is 3. The molecule has 0 radical (unpaired) electrons. The quantitative estimate of drug-likeness (QED) is 0.873. The van der Waals surface area contributed by atoms with Crippen LogP contribution in [-0.2, 0) is 11.2 Å². The van der Waals surface area contributed by atoms with Gasteiger partial charge in [0.2, 0.25) is 5.91 Å². The van der Waals surface area contributed by atoms with Gasteiger partial charge in [0.1, 0.15) is 0 Å². The van der Waals surface area contributed by atoms with Gasteiger partial charge >= 0.3 is 0 Å². The molecule has 1 heterocycles. The molecule has 0 aliphatic heterocycles. The second-order valence-electron chi connectivity index (χ2n) is 5.24. The van der Waals surface area contributed by atoms with Crippen molar-refractivity contribution in [3.8, 4) is 0 Å². The molecule has 0 aromatic carbocycles. The van der Waals surface area contributed by atoms with E-state index in [1.54, 1.807) is 12.4 Å². The van der Waals surface area contributed by atoms with Gasteiger partial charge in [-0.3, -0.25) is 9.78 Å². The van der Waals surface area contributed by atoms with Crippen LogP contribution in [0.4, 0.5) is 0 Å². The van der Waals surface area contributed by atoms with Crippen LogP contribution >= 0.6 is 12.4 Å². The van der Waals surface area contributed by atoms with Crippen LogP contribution in [0, 0.1) is 5.41 Å². The summed E-state index contributed by atoms with van der Waals surface area (Å²) < 4.78 is 0. The SMILES string of the molecule is CC(C)(C)[C@H](N)C(=O)NCCc1ccncc1.Cl. The summed E-state index contributed by atoms with van der Waals surface area (Å²) in [6, 6.07) is 3.41. The van der Waals surface area contributed by atoms with Crippen LogP contribution < -0.4 is 11.1 Å². The molecule has 1 atom stereocenters. The predicted molar refractivity (Wildman–Crippen MR) is 75.6 cm³/mol. The van der Waals surface area contributed by atoms with Gasteiger partial charge in [0.25, 0.3) is 0 Å². The Morgan fingerprint density at radius 3 is 2.44 bits per heavy atom. The number of aromatic nitrogens is 1. The zero-order valence-electron chi connectivity index (χ0n) is 11.1. The highest BCUT2D eigenvalue weighted by Gasteiger charge is 2.26. The minimum absolute atomic E-state index is 0. The third kappa shape index (κ3) is 5.47. The molecule has 4 nitrogen and oxygen atoms in total. The number of carbonyl (C=O) groups excluding carboxylic acids is 1. The summed E-state index contributed by atoms with van der Waals surface area (Å²) in [5.74, 6) is -0.0912. The van der Waals surface area contributed by atoms with Gasteiger partial charge in [-0.15, -0.1) is 12.4 Å². The summed E-state index contributed by atoms with van der Waals surface area (Å²) in [7, 11) is 0. The molecule has 0 fully saturated rings. The maximum Gasteiger partial charge on any atom is 0.237 e. The summed E-state index contributed by atoms with van der Waals surface area (Å²) >= 11 is 0. The first-order chi connectivity index (χ1) is 7.91. The van der Waals surface area contributed by atoms with Crippen LogP contribution in [0.1, 0.15) is 26.3 Å². The summed E-state index contributed by atoms with van der Waals surface area (Å²) in [5, 5.41) is 2.85. The maximum atomic E-state index is 11.7. The molecule has 1 rings (SSSR count). The van der Waals surface area contributed by atoms with E-state index < -0.39 is 6.04 Å². The molecule has 0 saturated carbocycles. The molecular formula is C13H22ClN3O. The van der Waals surface area contributed by atoms with Crippen molar-refractivity contribution in [1.29, 1.82) is 0 Å². The first-order valence-electron chi connectivity index (χ1n) is 5.83. The molecule has 1 aromatic heterocycles.